The van der Waals surface area contributed by atoms with Gasteiger partial charge in [-0.1, -0.05) is 13.8 Å². The van der Waals surface area contributed by atoms with Crippen molar-refractivity contribution in [2.75, 3.05) is 26.2 Å². The quantitative estimate of drug-likeness (QED) is 0.688. The van der Waals surface area contributed by atoms with E-state index in [2.05, 4.69) is 43.4 Å². The Morgan fingerprint density at radius 3 is 2.33 bits per heavy atom. The first kappa shape index (κ1) is 15.2. The van der Waals surface area contributed by atoms with Crippen LogP contribution in [0.3, 0.4) is 0 Å². The van der Waals surface area contributed by atoms with Crippen LogP contribution in [-0.2, 0) is 13.5 Å². The molecule has 18 heavy (non-hydrogen) atoms. The van der Waals surface area contributed by atoms with E-state index in [1.807, 2.05) is 11.7 Å². The Kier molecular flexibility index (Phi) is 6.36. The van der Waals surface area contributed by atoms with Crippen molar-refractivity contribution in [1.29, 1.82) is 0 Å². The summed E-state index contributed by atoms with van der Waals surface area (Å²) in [6, 6.07) is 0. The van der Waals surface area contributed by atoms with Gasteiger partial charge in [0, 0.05) is 25.8 Å². The third-order valence-electron chi connectivity index (χ3n) is 3.24. The van der Waals surface area contributed by atoms with Crippen LogP contribution in [0, 0.1) is 19.8 Å². The van der Waals surface area contributed by atoms with Crippen molar-refractivity contribution in [3.8, 4) is 0 Å². The third kappa shape index (κ3) is 4.78. The Hall–Kier alpha value is -0.870. The Labute approximate surface area is 111 Å². The molecule has 104 valence electrons. The van der Waals surface area contributed by atoms with E-state index in [4.69, 9.17) is 0 Å². The number of aryl methyl sites for hydroxylation is 2. The molecule has 1 heterocycles. The minimum Gasteiger partial charge on any atom is -0.315 e. The average Bonchev–Trinajstić information content (AvgIpc) is 2.53. The van der Waals surface area contributed by atoms with Crippen molar-refractivity contribution in [3.05, 3.63) is 17.0 Å². The Balaban J connectivity index is 2.14. The number of rotatable bonds is 8. The zero-order valence-corrected chi connectivity index (χ0v) is 12.5. The van der Waals surface area contributed by atoms with Crippen molar-refractivity contribution in [2.45, 2.75) is 34.1 Å². The highest BCUT2D eigenvalue weighted by Crippen LogP contribution is 2.11. The van der Waals surface area contributed by atoms with Gasteiger partial charge in [-0.05, 0) is 44.8 Å². The fraction of sp³-hybridized carbons (Fsp3) is 0.786. The van der Waals surface area contributed by atoms with E-state index >= 15 is 0 Å². The molecule has 2 N–H and O–H groups in total. The van der Waals surface area contributed by atoms with Gasteiger partial charge in [0.1, 0.15) is 0 Å². The number of hydrogen-bond acceptors (Lipinski definition) is 3. The van der Waals surface area contributed by atoms with Crippen LogP contribution in [0.2, 0.25) is 0 Å². The van der Waals surface area contributed by atoms with Gasteiger partial charge in [0.15, 0.2) is 0 Å². The van der Waals surface area contributed by atoms with Crippen LogP contribution in [0.15, 0.2) is 0 Å². The summed E-state index contributed by atoms with van der Waals surface area (Å²) < 4.78 is 1.97. The first-order valence-corrected chi connectivity index (χ1v) is 6.93. The molecule has 1 aromatic rings. The van der Waals surface area contributed by atoms with E-state index in [1.165, 1.54) is 11.3 Å². The summed E-state index contributed by atoms with van der Waals surface area (Å²) in [5, 5.41) is 11.3. The summed E-state index contributed by atoms with van der Waals surface area (Å²) in [5.41, 5.74) is 3.84. The molecule has 0 aliphatic rings. The molecule has 0 atom stereocenters. The highest BCUT2D eigenvalue weighted by molar-refractivity contribution is 5.24. The summed E-state index contributed by atoms with van der Waals surface area (Å²) in [4.78, 5) is 0. The normalized spacial score (nSPS) is 11.4. The van der Waals surface area contributed by atoms with E-state index in [-0.39, 0.29) is 0 Å². The van der Waals surface area contributed by atoms with E-state index < -0.39 is 0 Å². The SMILES string of the molecule is Cc1nn(C)c(C)c1CCNCCNCC(C)C. The molecule has 0 aromatic carbocycles. The fourth-order valence-corrected chi connectivity index (χ4v) is 2.09. The number of nitrogens with one attached hydrogen (secondary N) is 2. The highest BCUT2D eigenvalue weighted by atomic mass is 15.3. The summed E-state index contributed by atoms with van der Waals surface area (Å²) in [6.07, 6.45) is 1.07. The zero-order valence-electron chi connectivity index (χ0n) is 12.5. The molecule has 0 unspecified atom stereocenters. The minimum atomic E-state index is 0.727. The van der Waals surface area contributed by atoms with Crippen molar-refractivity contribution in [3.63, 3.8) is 0 Å². The lowest BCUT2D eigenvalue weighted by Crippen LogP contribution is -2.30. The predicted molar refractivity (Wildman–Crippen MR) is 77.0 cm³/mol. The van der Waals surface area contributed by atoms with Gasteiger partial charge >= 0.3 is 0 Å². The number of nitrogens with zero attached hydrogens (tertiary/aromatic N) is 2. The van der Waals surface area contributed by atoms with E-state index in [0.29, 0.717) is 0 Å². The van der Waals surface area contributed by atoms with Gasteiger partial charge in [-0.3, -0.25) is 4.68 Å². The van der Waals surface area contributed by atoms with Crippen molar-refractivity contribution in [2.24, 2.45) is 13.0 Å². The van der Waals surface area contributed by atoms with Crippen LogP contribution < -0.4 is 10.6 Å². The smallest absolute Gasteiger partial charge is 0.0628 e. The molecule has 0 aliphatic carbocycles. The Morgan fingerprint density at radius 2 is 1.78 bits per heavy atom. The second-order valence-corrected chi connectivity index (χ2v) is 5.37. The zero-order chi connectivity index (χ0) is 13.5. The molecule has 4 heteroatoms. The van der Waals surface area contributed by atoms with Gasteiger partial charge in [0.05, 0.1) is 5.69 Å². The second-order valence-electron chi connectivity index (χ2n) is 5.37. The van der Waals surface area contributed by atoms with E-state index in [9.17, 15) is 0 Å². The molecule has 4 nitrogen and oxygen atoms in total. The minimum absolute atomic E-state index is 0.727. The maximum atomic E-state index is 4.43. The summed E-state index contributed by atoms with van der Waals surface area (Å²) in [7, 11) is 2.01. The first-order valence-electron chi connectivity index (χ1n) is 6.93. The van der Waals surface area contributed by atoms with Crippen molar-refractivity contribution >= 4 is 0 Å². The molecular formula is C14H28N4. The van der Waals surface area contributed by atoms with Crippen LogP contribution in [0.5, 0.6) is 0 Å². The lowest BCUT2D eigenvalue weighted by molar-refractivity contribution is 0.536. The molecule has 0 amide bonds. The molecule has 1 rings (SSSR count). The van der Waals surface area contributed by atoms with Crippen molar-refractivity contribution in [1.82, 2.24) is 20.4 Å². The fourth-order valence-electron chi connectivity index (χ4n) is 2.09. The molecule has 0 spiro atoms. The Bertz CT molecular complexity index is 355. The predicted octanol–water partition coefficient (Wildman–Crippen LogP) is 1.41. The molecule has 0 fully saturated rings. The molecule has 0 saturated carbocycles. The monoisotopic (exact) mass is 252 g/mol. The Morgan fingerprint density at radius 1 is 1.11 bits per heavy atom. The van der Waals surface area contributed by atoms with Crippen LogP contribution in [0.1, 0.15) is 30.8 Å². The summed E-state index contributed by atoms with van der Waals surface area (Å²) in [5.74, 6) is 0.727. The largest absolute Gasteiger partial charge is 0.315 e. The van der Waals surface area contributed by atoms with Crippen LogP contribution in [0.25, 0.3) is 0 Å². The lowest BCUT2D eigenvalue weighted by atomic mass is 10.1. The molecule has 0 aliphatic heterocycles. The number of hydrogen-bond donors (Lipinski definition) is 2. The van der Waals surface area contributed by atoms with Gasteiger partial charge in [-0.15, -0.1) is 0 Å². The second kappa shape index (κ2) is 7.54. The molecule has 0 saturated heterocycles. The molecular weight excluding hydrogens is 224 g/mol. The van der Waals surface area contributed by atoms with Crippen LogP contribution in [0.4, 0.5) is 0 Å². The van der Waals surface area contributed by atoms with Gasteiger partial charge in [0.25, 0.3) is 0 Å². The van der Waals surface area contributed by atoms with Gasteiger partial charge in [-0.2, -0.15) is 5.10 Å². The van der Waals surface area contributed by atoms with Gasteiger partial charge in [-0.25, -0.2) is 0 Å². The standard InChI is InChI=1S/C14H28N4/c1-11(2)10-16-9-8-15-7-6-14-12(3)17-18(5)13(14)4/h11,15-16H,6-10H2,1-5H3. The van der Waals surface area contributed by atoms with Crippen LogP contribution >= 0.6 is 0 Å². The van der Waals surface area contributed by atoms with E-state index in [1.54, 1.807) is 0 Å². The maximum Gasteiger partial charge on any atom is 0.0628 e. The number of aromatic nitrogens is 2. The van der Waals surface area contributed by atoms with Gasteiger partial charge in [0.2, 0.25) is 0 Å². The maximum absolute atomic E-state index is 4.43. The first-order chi connectivity index (χ1) is 8.52. The van der Waals surface area contributed by atoms with Crippen LogP contribution in [-0.4, -0.2) is 36.0 Å². The molecule has 0 bridgehead atoms. The summed E-state index contributed by atoms with van der Waals surface area (Å²) >= 11 is 0. The average molecular weight is 252 g/mol. The highest BCUT2D eigenvalue weighted by Gasteiger charge is 2.07. The molecule has 1 aromatic heterocycles. The third-order valence-corrected chi connectivity index (χ3v) is 3.24. The summed E-state index contributed by atoms with van der Waals surface area (Å²) in [6.45, 7) is 12.9. The van der Waals surface area contributed by atoms with E-state index in [0.717, 1.165) is 44.2 Å². The van der Waals surface area contributed by atoms with Gasteiger partial charge < -0.3 is 10.6 Å². The lowest BCUT2D eigenvalue weighted by Gasteiger charge is -2.08. The topological polar surface area (TPSA) is 41.9 Å². The molecule has 0 radical (unpaired) electrons. The van der Waals surface area contributed by atoms with Crippen molar-refractivity contribution < 1.29 is 0 Å².